The number of carbonyl (C=O) groups is 1. The molecule has 10 nitrogen and oxygen atoms in total. The van der Waals surface area contributed by atoms with Crippen LogP contribution in [0.3, 0.4) is 0 Å². The number of nitrogens with one attached hydrogen (secondary N) is 2. The van der Waals surface area contributed by atoms with Crippen LogP contribution in [0.2, 0.25) is 5.02 Å². The van der Waals surface area contributed by atoms with Crippen LogP contribution in [0.4, 0.5) is 11.5 Å². The third kappa shape index (κ3) is 5.55. The molecule has 0 radical (unpaired) electrons. The highest BCUT2D eigenvalue weighted by molar-refractivity contribution is 6.32. The normalized spacial score (nSPS) is 13.6. The SMILES string of the molecule is COCn1ccnc1C(=N)c1cccnc1NCC(=O)N1CCN(c2ccc(Cl)c(OC)c2)CC1. The number of hydrogen-bond acceptors (Lipinski definition) is 8. The minimum atomic E-state index is -0.0256. The minimum Gasteiger partial charge on any atom is -0.495 e. The molecule has 0 unspecified atom stereocenters. The Balaban J connectivity index is 1.36. The van der Waals surface area contributed by atoms with E-state index in [1.807, 2.05) is 23.1 Å². The van der Waals surface area contributed by atoms with Crippen molar-refractivity contribution < 1.29 is 14.3 Å². The van der Waals surface area contributed by atoms with E-state index >= 15 is 0 Å². The van der Waals surface area contributed by atoms with Gasteiger partial charge in [-0.05, 0) is 24.3 Å². The third-order valence-corrected chi connectivity index (χ3v) is 6.14. The molecule has 2 N–H and O–H groups in total. The van der Waals surface area contributed by atoms with Crippen molar-refractivity contribution >= 4 is 34.7 Å². The lowest BCUT2D eigenvalue weighted by Gasteiger charge is -2.36. The number of hydrogen-bond donors (Lipinski definition) is 2. The lowest BCUT2D eigenvalue weighted by Crippen LogP contribution is -2.50. The second kappa shape index (κ2) is 11.2. The maximum atomic E-state index is 12.9. The Bertz CT molecular complexity index is 1190. The number of pyridine rings is 1. The Hall–Kier alpha value is -3.63. The van der Waals surface area contributed by atoms with Gasteiger partial charge in [0, 0.05) is 69.2 Å². The van der Waals surface area contributed by atoms with Crippen LogP contribution in [0, 0.1) is 5.41 Å². The largest absolute Gasteiger partial charge is 0.495 e. The van der Waals surface area contributed by atoms with Crippen LogP contribution in [0.25, 0.3) is 0 Å². The van der Waals surface area contributed by atoms with E-state index in [0.717, 1.165) is 5.69 Å². The summed E-state index contributed by atoms with van der Waals surface area (Å²) in [6, 6.07) is 9.23. The smallest absolute Gasteiger partial charge is 0.242 e. The molecule has 0 saturated carbocycles. The number of methoxy groups -OCH3 is 2. The van der Waals surface area contributed by atoms with Crippen LogP contribution in [-0.2, 0) is 16.3 Å². The molecule has 0 spiro atoms. The molecule has 1 fully saturated rings. The number of amides is 1. The quantitative estimate of drug-likeness (QED) is 0.437. The molecule has 0 atom stereocenters. The van der Waals surface area contributed by atoms with Gasteiger partial charge in [0.05, 0.1) is 18.7 Å². The van der Waals surface area contributed by atoms with E-state index in [-0.39, 0.29) is 24.9 Å². The van der Waals surface area contributed by atoms with Crippen molar-refractivity contribution in [1.82, 2.24) is 19.4 Å². The zero-order valence-electron chi connectivity index (χ0n) is 19.7. The van der Waals surface area contributed by atoms with E-state index < -0.39 is 0 Å². The number of aromatic nitrogens is 3. The standard InChI is InChI=1S/C24H28ClN7O3/c1-34-16-32-9-8-28-24(32)22(26)18-4-3-7-27-23(18)29-15-21(33)31-12-10-30(11-13-31)17-5-6-19(25)20(14-17)35-2/h3-9,14,26H,10-13,15-16H2,1-2H3,(H,27,29). The van der Waals surface area contributed by atoms with Crippen LogP contribution in [-0.4, -0.2) is 78.0 Å². The molecule has 35 heavy (non-hydrogen) atoms. The van der Waals surface area contributed by atoms with E-state index in [9.17, 15) is 4.79 Å². The fraction of sp³-hybridized carbons (Fsp3) is 0.333. The molecule has 1 aliphatic heterocycles. The predicted molar refractivity (Wildman–Crippen MR) is 135 cm³/mol. The molecular formula is C24H28ClN7O3. The number of imidazole rings is 1. The molecule has 1 saturated heterocycles. The first-order chi connectivity index (χ1) is 17.0. The molecule has 0 aliphatic carbocycles. The number of nitrogens with zero attached hydrogens (tertiary/aromatic N) is 5. The third-order valence-electron chi connectivity index (χ3n) is 5.82. The average molecular weight is 498 g/mol. The summed E-state index contributed by atoms with van der Waals surface area (Å²) in [4.78, 5) is 25.6. The van der Waals surface area contributed by atoms with Gasteiger partial charge in [-0.2, -0.15) is 0 Å². The summed E-state index contributed by atoms with van der Waals surface area (Å²) in [7, 11) is 3.18. The molecule has 3 aromatic rings. The molecule has 3 heterocycles. The number of rotatable bonds is 9. The molecular weight excluding hydrogens is 470 g/mol. The Labute approximate surface area is 208 Å². The maximum absolute atomic E-state index is 12.9. The van der Waals surface area contributed by atoms with Gasteiger partial charge in [0.1, 0.15) is 24.0 Å². The molecule has 4 rings (SSSR count). The first-order valence-electron chi connectivity index (χ1n) is 11.2. The van der Waals surface area contributed by atoms with Crippen molar-refractivity contribution in [3.05, 3.63) is 65.3 Å². The molecule has 1 amide bonds. The van der Waals surface area contributed by atoms with Gasteiger partial charge in [0.25, 0.3) is 0 Å². The molecule has 2 aromatic heterocycles. The second-order valence-electron chi connectivity index (χ2n) is 7.95. The fourth-order valence-electron chi connectivity index (χ4n) is 3.98. The van der Waals surface area contributed by atoms with Crippen molar-refractivity contribution in [2.45, 2.75) is 6.73 Å². The van der Waals surface area contributed by atoms with Gasteiger partial charge in [0.15, 0.2) is 5.82 Å². The predicted octanol–water partition coefficient (Wildman–Crippen LogP) is 2.72. The first-order valence-corrected chi connectivity index (χ1v) is 11.5. The highest BCUT2D eigenvalue weighted by Crippen LogP contribution is 2.29. The fourth-order valence-corrected chi connectivity index (χ4v) is 4.17. The Morgan fingerprint density at radius 1 is 1.14 bits per heavy atom. The molecule has 184 valence electrons. The van der Waals surface area contributed by atoms with Gasteiger partial charge in [-0.3, -0.25) is 10.2 Å². The van der Waals surface area contributed by atoms with E-state index in [0.29, 0.717) is 54.2 Å². The summed E-state index contributed by atoms with van der Waals surface area (Å²) in [6.07, 6.45) is 5.00. The maximum Gasteiger partial charge on any atom is 0.242 e. The lowest BCUT2D eigenvalue weighted by molar-refractivity contribution is -0.129. The zero-order valence-corrected chi connectivity index (χ0v) is 20.5. The number of halogens is 1. The molecule has 0 bridgehead atoms. The summed E-state index contributed by atoms with van der Waals surface area (Å²) in [5, 5.41) is 12.3. The zero-order chi connectivity index (χ0) is 24.8. The number of ether oxygens (including phenoxy) is 2. The van der Waals surface area contributed by atoms with Crippen LogP contribution >= 0.6 is 11.6 Å². The van der Waals surface area contributed by atoms with Crippen molar-refractivity contribution in [2.75, 3.05) is 57.2 Å². The monoisotopic (exact) mass is 497 g/mol. The summed E-state index contributed by atoms with van der Waals surface area (Å²) < 4.78 is 12.2. The van der Waals surface area contributed by atoms with Crippen molar-refractivity contribution in [3.63, 3.8) is 0 Å². The van der Waals surface area contributed by atoms with Crippen molar-refractivity contribution in [3.8, 4) is 5.75 Å². The van der Waals surface area contributed by atoms with E-state index in [4.69, 9.17) is 26.5 Å². The number of benzene rings is 1. The molecule has 11 heteroatoms. The molecule has 1 aliphatic rings. The summed E-state index contributed by atoms with van der Waals surface area (Å²) in [5.41, 5.74) is 1.77. The van der Waals surface area contributed by atoms with Gasteiger partial charge in [0.2, 0.25) is 5.91 Å². The van der Waals surface area contributed by atoms with Crippen molar-refractivity contribution in [1.29, 1.82) is 5.41 Å². The van der Waals surface area contributed by atoms with E-state index in [1.165, 1.54) is 0 Å². The summed E-state index contributed by atoms with van der Waals surface area (Å²) in [5.74, 6) is 1.53. The number of anilines is 2. The topological polar surface area (TPSA) is 109 Å². The van der Waals surface area contributed by atoms with Crippen LogP contribution in [0.15, 0.2) is 48.9 Å². The van der Waals surface area contributed by atoms with Gasteiger partial charge >= 0.3 is 0 Å². The van der Waals surface area contributed by atoms with Crippen LogP contribution in [0.1, 0.15) is 11.4 Å². The Kier molecular flexibility index (Phi) is 7.84. The second-order valence-corrected chi connectivity index (χ2v) is 8.36. The van der Waals surface area contributed by atoms with Gasteiger partial charge in [-0.1, -0.05) is 11.6 Å². The van der Waals surface area contributed by atoms with Crippen LogP contribution < -0.4 is 15.0 Å². The average Bonchev–Trinajstić information content (AvgIpc) is 3.36. The van der Waals surface area contributed by atoms with Gasteiger partial charge in [-0.25, -0.2) is 9.97 Å². The van der Waals surface area contributed by atoms with E-state index in [1.54, 1.807) is 49.5 Å². The minimum absolute atomic E-state index is 0.0256. The Morgan fingerprint density at radius 2 is 1.94 bits per heavy atom. The summed E-state index contributed by atoms with van der Waals surface area (Å²) in [6.45, 7) is 2.98. The molecule has 1 aromatic carbocycles. The highest BCUT2D eigenvalue weighted by atomic mass is 35.5. The lowest BCUT2D eigenvalue weighted by atomic mass is 10.1. The number of piperazine rings is 1. The summed E-state index contributed by atoms with van der Waals surface area (Å²) >= 11 is 6.13. The van der Waals surface area contributed by atoms with Crippen LogP contribution in [0.5, 0.6) is 5.75 Å². The highest BCUT2D eigenvalue weighted by Gasteiger charge is 2.23. The van der Waals surface area contributed by atoms with E-state index in [2.05, 4.69) is 20.2 Å². The van der Waals surface area contributed by atoms with Crippen molar-refractivity contribution in [2.24, 2.45) is 0 Å². The Morgan fingerprint density at radius 3 is 2.69 bits per heavy atom. The van der Waals surface area contributed by atoms with Gasteiger partial charge < -0.3 is 29.2 Å². The first kappa shape index (κ1) is 24.5. The van der Waals surface area contributed by atoms with Gasteiger partial charge in [-0.15, -0.1) is 0 Å². The number of carbonyl (C=O) groups excluding carboxylic acids is 1.